The van der Waals surface area contributed by atoms with Crippen molar-refractivity contribution in [2.45, 2.75) is 0 Å². The summed E-state index contributed by atoms with van der Waals surface area (Å²) in [5.41, 5.74) is 2.25. The second-order valence-electron chi connectivity index (χ2n) is 6.09. The van der Waals surface area contributed by atoms with Gasteiger partial charge >= 0.3 is 0 Å². The highest BCUT2D eigenvalue weighted by atomic mass is 79.9. The number of benzene rings is 3. The standard InChI is InChI=1S/C22H19BrN2O2S/c1-28(26,27)25(21-14-12-20(23)13-15-21)22(16-18-8-4-2-5-9-18)24-17-19-10-6-3-7-11-19/h2-17H,1H3/b22-16-,24-17+. The van der Waals surface area contributed by atoms with Crippen molar-refractivity contribution in [2.24, 2.45) is 4.99 Å². The molecule has 6 heteroatoms. The lowest BCUT2D eigenvalue weighted by Crippen LogP contribution is -2.28. The molecule has 4 nitrogen and oxygen atoms in total. The molecule has 0 N–H and O–H groups in total. The Morgan fingerprint density at radius 1 is 0.857 bits per heavy atom. The summed E-state index contributed by atoms with van der Waals surface area (Å²) in [6.45, 7) is 0. The van der Waals surface area contributed by atoms with Crippen LogP contribution in [-0.2, 0) is 10.0 Å². The van der Waals surface area contributed by atoms with Crippen molar-refractivity contribution in [3.63, 3.8) is 0 Å². The molecule has 3 rings (SSSR count). The van der Waals surface area contributed by atoms with E-state index in [4.69, 9.17) is 0 Å². The van der Waals surface area contributed by atoms with Gasteiger partial charge in [0.25, 0.3) is 0 Å². The highest BCUT2D eigenvalue weighted by molar-refractivity contribution is 9.10. The van der Waals surface area contributed by atoms with Crippen LogP contribution in [0.25, 0.3) is 6.08 Å². The van der Waals surface area contributed by atoms with Crippen LogP contribution in [-0.4, -0.2) is 20.9 Å². The molecule has 3 aromatic carbocycles. The SMILES string of the molecule is CS(=O)(=O)N(C(=C\c1ccccc1)/N=C/c1ccccc1)c1ccc(Br)cc1. The van der Waals surface area contributed by atoms with Crippen molar-refractivity contribution < 1.29 is 8.42 Å². The number of aliphatic imine (C=N–C) groups is 1. The van der Waals surface area contributed by atoms with E-state index in [0.717, 1.165) is 15.6 Å². The molecule has 0 saturated carbocycles. The molecule has 0 spiro atoms. The number of nitrogens with zero attached hydrogens (tertiary/aromatic N) is 2. The van der Waals surface area contributed by atoms with E-state index in [1.54, 1.807) is 36.6 Å². The van der Waals surface area contributed by atoms with E-state index in [9.17, 15) is 8.42 Å². The van der Waals surface area contributed by atoms with Crippen LogP contribution >= 0.6 is 15.9 Å². The third-order valence-electron chi connectivity index (χ3n) is 3.84. The van der Waals surface area contributed by atoms with E-state index in [1.807, 2.05) is 60.7 Å². The summed E-state index contributed by atoms with van der Waals surface area (Å²) in [7, 11) is -3.62. The van der Waals surface area contributed by atoms with Crippen molar-refractivity contribution in [1.29, 1.82) is 0 Å². The monoisotopic (exact) mass is 454 g/mol. The first-order valence-electron chi connectivity index (χ1n) is 8.55. The molecule has 0 saturated heterocycles. The summed E-state index contributed by atoms with van der Waals surface area (Å²) in [5.74, 6) is 0.305. The van der Waals surface area contributed by atoms with Crippen LogP contribution in [0.4, 0.5) is 5.69 Å². The second-order valence-corrected chi connectivity index (χ2v) is 8.83. The average Bonchev–Trinajstić information content (AvgIpc) is 2.68. The third-order valence-corrected chi connectivity index (χ3v) is 5.43. The maximum absolute atomic E-state index is 12.7. The van der Waals surface area contributed by atoms with Crippen molar-refractivity contribution in [3.05, 3.63) is 106 Å². The fourth-order valence-corrected chi connectivity index (χ4v) is 3.81. The van der Waals surface area contributed by atoms with Gasteiger partial charge in [-0.25, -0.2) is 17.7 Å². The average molecular weight is 455 g/mol. The van der Waals surface area contributed by atoms with E-state index in [-0.39, 0.29) is 0 Å². The van der Waals surface area contributed by atoms with Gasteiger partial charge in [-0.15, -0.1) is 0 Å². The molecule has 0 atom stereocenters. The summed E-state index contributed by atoms with van der Waals surface area (Å²) >= 11 is 3.38. The quantitative estimate of drug-likeness (QED) is 0.472. The Balaban J connectivity index is 2.13. The highest BCUT2D eigenvalue weighted by Crippen LogP contribution is 2.26. The Hall–Kier alpha value is -2.70. The Morgan fingerprint density at radius 3 is 1.93 bits per heavy atom. The van der Waals surface area contributed by atoms with Gasteiger partial charge in [-0.1, -0.05) is 76.6 Å². The van der Waals surface area contributed by atoms with Crippen LogP contribution in [0.1, 0.15) is 11.1 Å². The minimum Gasteiger partial charge on any atom is -0.237 e. The fraction of sp³-hybridized carbons (Fsp3) is 0.0455. The van der Waals surface area contributed by atoms with Gasteiger partial charge in [0, 0.05) is 10.7 Å². The zero-order valence-electron chi connectivity index (χ0n) is 15.2. The van der Waals surface area contributed by atoms with Crippen LogP contribution in [0.2, 0.25) is 0 Å². The van der Waals surface area contributed by atoms with Gasteiger partial charge in [-0.2, -0.15) is 0 Å². The lowest BCUT2D eigenvalue weighted by atomic mass is 10.2. The molecule has 3 aromatic rings. The van der Waals surface area contributed by atoms with Crippen LogP contribution in [0.15, 0.2) is 100 Å². The minimum atomic E-state index is -3.62. The lowest BCUT2D eigenvalue weighted by Gasteiger charge is -2.23. The zero-order chi connectivity index (χ0) is 20.0. The van der Waals surface area contributed by atoms with Gasteiger partial charge in [-0.3, -0.25) is 0 Å². The summed E-state index contributed by atoms with van der Waals surface area (Å²) < 4.78 is 27.4. The minimum absolute atomic E-state index is 0.305. The number of sulfonamides is 1. The maximum atomic E-state index is 12.7. The molecule has 0 aliphatic rings. The normalized spacial score (nSPS) is 12.3. The van der Waals surface area contributed by atoms with E-state index < -0.39 is 10.0 Å². The van der Waals surface area contributed by atoms with Crippen molar-refractivity contribution >= 4 is 43.9 Å². The van der Waals surface area contributed by atoms with Crippen LogP contribution < -0.4 is 4.31 Å². The molecule has 142 valence electrons. The van der Waals surface area contributed by atoms with Crippen LogP contribution in [0, 0.1) is 0 Å². The highest BCUT2D eigenvalue weighted by Gasteiger charge is 2.22. The van der Waals surface area contributed by atoms with Gasteiger partial charge in [0.15, 0.2) is 0 Å². The zero-order valence-corrected chi connectivity index (χ0v) is 17.6. The number of halogens is 1. The molecular formula is C22H19BrN2O2S. The first-order valence-corrected chi connectivity index (χ1v) is 11.2. The second kappa shape index (κ2) is 8.99. The van der Waals surface area contributed by atoms with Gasteiger partial charge < -0.3 is 0 Å². The summed E-state index contributed by atoms with van der Waals surface area (Å²) in [4.78, 5) is 4.53. The van der Waals surface area contributed by atoms with E-state index in [2.05, 4.69) is 20.9 Å². The molecule has 0 aliphatic carbocycles. The fourth-order valence-electron chi connectivity index (χ4n) is 2.60. The Kier molecular flexibility index (Phi) is 6.44. The molecule has 0 bridgehead atoms. The van der Waals surface area contributed by atoms with Crippen molar-refractivity contribution in [3.8, 4) is 0 Å². The van der Waals surface area contributed by atoms with Crippen molar-refractivity contribution in [1.82, 2.24) is 0 Å². The number of rotatable bonds is 6. The number of hydrogen-bond donors (Lipinski definition) is 0. The summed E-state index contributed by atoms with van der Waals surface area (Å²) in [5, 5.41) is 0. The third kappa shape index (κ3) is 5.41. The molecule has 0 unspecified atom stereocenters. The maximum Gasteiger partial charge on any atom is 0.237 e. The summed E-state index contributed by atoms with van der Waals surface area (Å²) in [6, 6.07) is 26.1. The van der Waals surface area contributed by atoms with Gasteiger partial charge in [-0.05, 0) is 41.5 Å². The molecule has 0 fully saturated rings. The molecular weight excluding hydrogens is 436 g/mol. The van der Waals surface area contributed by atoms with Gasteiger partial charge in [0.1, 0.15) is 5.82 Å². The Bertz CT molecular complexity index is 1080. The smallest absolute Gasteiger partial charge is 0.237 e. The molecule has 0 amide bonds. The Labute approximate surface area is 174 Å². The number of anilines is 1. The molecule has 0 aliphatic heterocycles. The predicted molar refractivity (Wildman–Crippen MR) is 120 cm³/mol. The lowest BCUT2D eigenvalue weighted by molar-refractivity contribution is 0.600. The van der Waals surface area contributed by atoms with Gasteiger partial charge in [0.2, 0.25) is 10.0 Å². The molecule has 0 heterocycles. The van der Waals surface area contributed by atoms with E-state index in [0.29, 0.717) is 11.5 Å². The van der Waals surface area contributed by atoms with Crippen molar-refractivity contribution in [2.75, 3.05) is 10.6 Å². The number of hydrogen-bond acceptors (Lipinski definition) is 3. The molecule has 0 aromatic heterocycles. The van der Waals surface area contributed by atoms with Crippen LogP contribution in [0.5, 0.6) is 0 Å². The van der Waals surface area contributed by atoms with Crippen LogP contribution in [0.3, 0.4) is 0 Å². The predicted octanol–water partition coefficient (Wildman–Crippen LogP) is 5.33. The topological polar surface area (TPSA) is 49.7 Å². The summed E-state index contributed by atoms with van der Waals surface area (Å²) in [6.07, 6.45) is 4.58. The first kappa shape index (κ1) is 20.0. The first-order chi connectivity index (χ1) is 13.4. The Morgan fingerprint density at radius 2 is 1.39 bits per heavy atom. The van der Waals surface area contributed by atoms with E-state index >= 15 is 0 Å². The molecule has 0 radical (unpaired) electrons. The molecule has 28 heavy (non-hydrogen) atoms. The largest absolute Gasteiger partial charge is 0.237 e. The van der Waals surface area contributed by atoms with Gasteiger partial charge in [0.05, 0.1) is 11.9 Å². The van der Waals surface area contributed by atoms with E-state index in [1.165, 1.54) is 10.6 Å².